The van der Waals surface area contributed by atoms with Crippen molar-refractivity contribution in [2.24, 2.45) is 0 Å². The van der Waals surface area contributed by atoms with Gasteiger partial charge >= 0.3 is 0 Å². The van der Waals surface area contributed by atoms with Crippen molar-refractivity contribution in [1.82, 2.24) is 4.98 Å². The number of aromatic nitrogens is 1. The summed E-state index contributed by atoms with van der Waals surface area (Å²) in [6.07, 6.45) is 10.6. The maximum Gasteiger partial charge on any atom is 0.225 e. The van der Waals surface area contributed by atoms with Gasteiger partial charge in [0.25, 0.3) is 0 Å². The number of hydrogen-bond acceptors (Lipinski definition) is 3. The fraction of sp³-hybridized carbons (Fsp3) is 0.625. The first-order valence-corrected chi connectivity index (χ1v) is 7.65. The van der Waals surface area contributed by atoms with Crippen LogP contribution in [0, 0.1) is 6.92 Å². The van der Waals surface area contributed by atoms with Crippen LogP contribution in [0.1, 0.15) is 63.9 Å². The van der Waals surface area contributed by atoms with Gasteiger partial charge in [-0.2, -0.15) is 0 Å². The summed E-state index contributed by atoms with van der Waals surface area (Å²) in [5.41, 5.74) is 7.15. The SMILES string of the molecule is CCCCCCCCCC(=O)Nc1ncc(N)cc1C. The minimum atomic E-state index is 0.0407. The van der Waals surface area contributed by atoms with Gasteiger partial charge in [-0.05, 0) is 25.0 Å². The van der Waals surface area contributed by atoms with Gasteiger partial charge in [-0.1, -0.05) is 45.4 Å². The minimum absolute atomic E-state index is 0.0407. The molecule has 3 N–H and O–H groups in total. The van der Waals surface area contributed by atoms with Crippen LogP contribution >= 0.6 is 0 Å². The number of nitrogens with two attached hydrogens (primary N) is 1. The lowest BCUT2D eigenvalue weighted by Crippen LogP contribution is -2.13. The van der Waals surface area contributed by atoms with Crippen LogP contribution < -0.4 is 11.1 Å². The van der Waals surface area contributed by atoms with E-state index in [4.69, 9.17) is 5.73 Å². The number of carbonyl (C=O) groups is 1. The van der Waals surface area contributed by atoms with Gasteiger partial charge in [0.1, 0.15) is 5.82 Å². The molecule has 0 saturated carbocycles. The maximum atomic E-state index is 11.8. The Morgan fingerprint density at radius 1 is 1.20 bits per heavy atom. The Kier molecular flexibility index (Phi) is 7.70. The van der Waals surface area contributed by atoms with Gasteiger partial charge in [0.05, 0.1) is 11.9 Å². The quantitative estimate of drug-likeness (QED) is 0.669. The van der Waals surface area contributed by atoms with E-state index in [1.807, 2.05) is 13.0 Å². The van der Waals surface area contributed by atoms with Crippen LogP contribution in [0.3, 0.4) is 0 Å². The molecule has 1 aromatic heterocycles. The number of nitrogens with zero attached hydrogens (tertiary/aromatic N) is 1. The Balaban J connectivity index is 2.17. The second kappa shape index (κ2) is 9.34. The number of unbranched alkanes of at least 4 members (excludes halogenated alkanes) is 6. The molecule has 0 aliphatic carbocycles. The van der Waals surface area contributed by atoms with E-state index < -0.39 is 0 Å². The highest BCUT2D eigenvalue weighted by molar-refractivity contribution is 5.90. The lowest BCUT2D eigenvalue weighted by molar-refractivity contribution is -0.116. The molecule has 20 heavy (non-hydrogen) atoms. The van der Waals surface area contributed by atoms with E-state index in [0.717, 1.165) is 18.4 Å². The Morgan fingerprint density at radius 3 is 2.50 bits per heavy atom. The van der Waals surface area contributed by atoms with Crippen molar-refractivity contribution >= 4 is 17.4 Å². The summed E-state index contributed by atoms with van der Waals surface area (Å²) < 4.78 is 0. The number of aryl methyl sites for hydroxylation is 1. The van der Waals surface area contributed by atoms with Gasteiger partial charge in [0, 0.05) is 6.42 Å². The van der Waals surface area contributed by atoms with Crippen LogP contribution in [0.25, 0.3) is 0 Å². The summed E-state index contributed by atoms with van der Waals surface area (Å²) in [5, 5.41) is 2.84. The molecule has 0 aromatic carbocycles. The van der Waals surface area contributed by atoms with E-state index in [1.165, 1.54) is 32.1 Å². The van der Waals surface area contributed by atoms with Crippen molar-refractivity contribution in [3.8, 4) is 0 Å². The predicted octanol–water partition coefficient (Wildman–Crippen LogP) is 4.05. The Morgan fingerprint density at radius 2 is 1.85 bits per heavy atom. The number of anilines is 2. The van der Waals surface area contributed by atoms with Crippen LogP contribution in [0.5, 0.6) is 0 Å². The largest absolute Gasteiger partial charge is 0.397 e. The van der Waals surface area contributed by atoms with Gasteiger partial charge in [0.15, 0.2) is 0 Å². The molecule has 1 heterocycles. The Labute approximate surface area is 122 Å². The van der Waals surface area contributed by atoms with Crippen LogP contribution in [0.4, 0.5) is 11.5 Å². The van der Waals surface area contributed by atoms with Crippen LogP contribution in [-0.2, 0) is 4.79 Å². The molecular formula is C16H27N3O. The maximum absolute atomic E-state index is 11.8. The number of nitrogens with one attached hydrogen (secondary N) is 1. The lowest BCUT2D eigenvalue weighted by atomic mass is 10.1. The summed E-state index contributed by atoms with van der Waals surface area (Å²) in [4.78, 5) is 15.9. The monoisotopic (exact) mass is 277 g/mol. The van der Waals surface area contributed by atoms with Crippen LogP contribution in [0.15, 0.2) is 12.3 Å². The molecule has 0 fully saturated rings. The molecule has 0 bridgehead atoms. The number of amides is 1. The molecule has 0 atom stereocenters. The molecule has 4 heteroatoms. The molecule has 0 aliphatic heterocycles. The normalized spacial score (nSPS) is 10.5. The number of nitrogen functional groups attached to an aromatic ring is 1. The van der Waals surface area contributed by atoms with Crippen molar-refractivity contribution in [1.29, 1.82) is 0 Å². The third-order valence-corrected chi connectivity index (χ3v) is 3.36. The average molecular weight is 277 g/mol. The summed E-state index contributed by atoms with van der Waals surface area (Å²) in [6.45, 7) is 4.12. The van der Waals surface area contributed by atoms with Crippen LogP contribution in [-0.4, -0.2) is 10.9 Å². The van der Waals surface area contributed by atoms with E-state index in [2.05, 4.69) is 17.2 Å². The predicted molar refractivity (Wildman–Crippen MR) is 84.6 cm³/mol. The van der Waals surface area contributed by atoms with Gasteiger partial charge in [-0.25, -0.2) is 4.98 Å². The molecule has 0 radical (unpaired) electrons. The van der Waals surface area contributed by atoms with Crippen LogP contribution in [0.2, 0.25) is 0 Å². The number of pyridine rings is 1. The molecule has 1 rings (SSSR count). The van der Waals surface area contributed by atoms with E-state index in [1.54, 1.807) is 6.20 Å². The summed E-state index contributed by atoms with van der Waals surface area (Å²) in [6, 6.07) is 1.82. The number of hydrogen-bond donors (Lipinski definition) is 2. The second-order valence-corrected chi connectivity index (χ2v) is 5.35. The third kappa shape index (κ3) is 6.55. The number of rotatable bonds is 9. The summed E-state index contributed by atoms with van der Waals surface area (Å²) >= 11 is 0. The molecule has 0 spiro atoms. The second-order valence-electron chi connectivity index (χ2n) is 5.35. The van der Waals surface area contributed by atoms with Gasteiger partial charge < -0.3 is 11.1 Å². The first-order valence-electron chi connectivity index (χ1n) is 7.65. The smallest absolute Gasteiger partial charge is 0.225 e. The topological polar surface area (TPSA) is 68.0 Å². The fourth-order valence-electron chi connectivity index (χ4n) is 2.16. The molecule has 1 aromatic rings. The zero-order valence-corrected chi connectivity index (χ0v) is 12.7. The highest BCUT2D eigenvalue weighted by Crippen LogP contribution is 2.15. The first-order chi connectivity index (χ1) is 9.63. The van der Waals surface area contributed by atoms with Gasteiger partial charge in [-0.3, -0.25) is 4.79 Å². The highest BCUT2D eigenvalue weighted by atomic mass is 16.1. The highest BCUT2D eigenvalue weighted by Gasteiger charge is 2.06. The molecule has 4 nitrogen and oxygen atoms in total. The molecule has 0 saturated heterocycles. The van der Waals surface area contributed by atoms with E-state index in [-0.39, 0.29) is 5.91 Å². The first kappa shape index (κ1) is 16.5. The zero-order chi connectivity index (χ0) is 14.8. The standard InChI is InChI=1S/C16H27N3O/c1-3-4-5-6-7-8-9-10-15(20)19-16-13(2)11-14(17)12-18-16/h11-12H,3-10,17H2,1-2H3,(H,18,19,20). The van der Waals surface area contributed by atoms with Gasteiger partial charge in [-0.15, -0.1) is 0 Å². The lowest BCUT2D eigenvalue weighted by Gasteiger charge is -2.07. The Bertz CT molecular complexity index is 418. The molecular weight excluding hydrogens is 250 g/mol. The molecule has 0 aliphatic rings. The van der Waals surface area contributed by atoms with E-state index in [9.17, 15) is 4.79 Å². The van der Waals surface area contributed by atoms with E-state index in [0.29, 0.717) is 17.9 Å². The Hall–Kier alpha value is -1.58. The van der Waals surface area contributed by atoms with Crippen molar-refractivity contribution in [3.63, 3.8) is 0 Å². The van der Waals surface area contributed by atoms with Crippen molar-refractivity contribution in [2.75, 3.05) is 11.1 Å². The average Bonchev–Trinajstić information content (AvgIpc) is 2.41. The fourth-order valence-corrected chi connectivity index (χ4v) is 2.16. The number of carbonyl (C=O) groups excluding carboxylic acids is 1. The molecule has 1 amide bonds. The van der Waals surface area contributed by atoms with Crippen molar-refractivity contribution in [2.45, 2.75) is 65.2 Å². The van der Waals surface area contributed by atoms with Gasteiger partial charge in [0.2, 0.25) is 5.91 Å². The third-order valence-electron chi connectivity index (χ3n) is 3.36. The molecule has 112 valence electrons. The minimum Gasteiger partial charge on any atom is -0.397 e. The molecule has 0 unspecified atom stereocenters. The van der Waals surface area contributed by atoms with Crippen molar-refractivity contribution in [3.05, 3.63) is 17.8 Å². The summed E-state index contributed by atoms with van der Waals surface area (Å²) in [7, 11) is 0. The van der Waals surface area contributed by atoms with Crippen molar-refractivity contribution < 1.29 is 4.79 Å². The van der Waals surface area contributed by atoms with E-state index >= 15 is 0 Å². The zero-order valence-electron chi connectivity index (χ0n) is 12.7. The summed E-state index contributed by atoms with van der Waals surface area (Å²) in [5.74, 6) is 0.658.